The molecule has 2 aliphatic rings. The molecular formula is C23H22F2N10O. The second-order valence-electron chi connectivity index (χ2n) is 8.53. The largest absolute Gasteiger partial charge is 0.341 e. The summed E-state index contributed by atoms with van der Waals surface area (Å²) >= 11 is 0. The zero-order valence-corrected chi connectivity index (χ0v) is 19.6. The minimum absolute atomic E-state index is 0.0580. The van der Waals surface area contributed by atoms with E-state index in [1.807, 2.05) is 11.0 Å². The standard InChI is InChI=1S/C23H22F2N10O/c1-14-30-31-21(32(14)2)20-18(25)13-27-22(29-20)33-5-7-34(8-6-33)23(36)35-19(3-4-28-35)16-9-15(12-26)10-17(24)11-16/h4,9-11,13,19H,3,5-8H2,1-2H3/t19-/m0/s1. The molecule has 1 atom stereocenters. The third kappa shape index (κ3) is 4.21. The Kier molecular flexibility index (Phi) is 6.01. The van der Waals surface area contributed by atoms with Crippen molar-refractivity contribution in [3.8, 4) is 17.6 Å². The van der Waals surface area contributed by atoms with Crippen molar-refractivity contribution in [3.05, 3.63) is 53.0 Å². The number of rotatable bonds is 3. The number of hydrogen-bond acceptors (Lipinski definition) is 8. The minimum Gasteiger partial charge on any atom is -0.337 e. The highest BCUT2D eigenvalue weighted by Gasteiger charge is 2.34. The summed E-state index contributed by atoms with van der Waals surface area (Å²) in [7, 11) is 1.73. The number of nitriles is 1. The molecule has 11 nitrogen and oxygen atoms in total. The van der Waals surface area contributed by atoms with Gasteiger partial charge < -0.3 is 14.4 Å². The van der Waals surface area contributed by atoms with E-state index >= 15 is 0 Å². The van der Waals surface area contributed by atoms with E-state index < -0.39 is 17.7 Å². The van der Waals surface area contributed by atoms with Crippen LogP contribution in [0.3, 0.4) is 0 Å². The third-order valence-corrected chi connectivity index (χ3v) is 6.33. The van der Waals surface area contributed by atoms with Crippen LogP contribution in [0.4, 0.5) is 19.5 Å². The van der Waals surface area contributed by atoms with Crippen LogP contribution < -0.4 is 4.90 Å². The smallest absolute Gasteiger partial charge is 0.337 e. The number of urea groups is 1. The number of piperazine rings is 1. The number of hydrogen-bond donors (Lipinski definition) is 0. The van der Waals surface area contributed by atoms with E-state index in [0.29, 0.717) is 55.8 Å². The Morgan fingerprint density at radius 3 is 2.61 bits per heavy atom. The molecule has 184 valence electrons. The number of anilines is 1. The predicted octanol–water partition coefficient (Wildman–Crippen LogP) is 2.41. The average Bonchev–Trinajstić information content (AvgIpc) is 3.51. The van der Waals surface area contributed by atoms with Crippen LogP contribution in [0.2, 0.25) is 0 Å². The highest BCUT2D eigenvalue weighted by Crippen LogP contribution is 2.31. The number of amides is 2. The second-order valence-corrected chi connectivity index (χ2v) is 8.53. The molecule has 0 bridgehead atoms. The summed E-state index contributed by atoms with van der Waals surface area (Å²) in [4.78, 5) is 25.3. The molecule has 4 heterocycles. The molecule has 13 heteroatoms. The molecule has 5 rings (SSSR count). The molecule has 1 fully saturated rings. The number of carbonyl (C=O) groups is 1. The summed E-state index contributed by atoms with van der Waals surface area (Å²) < 4.78 is 30.1. The normalized spacial score (nSPS) is 17.5. The number of aromatic nitrogens is 5. The molecule has 0 radical (unpaired) electrons. The van der Waals surface area contributed by atoms with Gasteiger partial charge in [-0.2, -0.15) is 10.4 Å². The number of carbonyl (C=O) groups excluding carboxylic acids is 1. The molecule has 2 amide bonds. The van der Waals surface area contributed by atoms with Crippen LogP contribution >= 0.6 is 0 Å². The first-order chi connectivity index (χ1) is 17.4. The monoisotopic (exact) mass is 492 g/mol. The maximum absolute atomic E-state index is 14.5. The first-order valence-electron chi connectivity index (χ1n) is 11.3. The number of halogens is 2. The highest BCUT2D eigenvalue weighted by atomic mass is 19.1. The molecular weight excluding hydrogens is 470 g/mol. The summed E-state index contributed by atoms with van der Waals surface area (Å²) in [6.45, 7) is 3.34. The molecule has 2 aromatic heterocycles. The molecule has 1 aromatic carbocycles. The Hall–Kier alpha value is -4.47. The minimum atomic E-state index is -0.599. The zero-order valence-electron chi connectivity index (χ0n) is 19.6. The number of nitrogens with zero attached hydrogens (tertiary/aromatic N) is 10. The fourth-order valence-corrected chi connectivity index (χ4v) is 4.27. The average molecular weight is 492 g/mol. The van der Waals surface area contributed by atoms with Gasteiger partial charge >= 0.3 is 6.03 Å². The van der Waals surface area contributed by atoms with Gasteiger partial charge in [0.1, 0.15) is 17.3 Å². The Morgan fingerprint density at radius 1 is 1.14 bits per heavy atom. The van der Waals surface area contributed by atoms with Crippen LogP contribution in [0.25, 0.3) is 11.5 Å². The van der Waals surface area contributed by atoms with Crippen molar-refractivity contribution in [1.82, 2.24) is 34.6 Å². The Morgan fingerprint density at radius 2 is 1.92 bits per heavy atom. The number of hydrazone groups is 1. The molecule has 0 saturated carbocycles. The fraction of sp³-hybridized carbons (Fsp3) is 0.348. The van der Waals surface area contributed by atoms with Crippen LogP contribution in [0.1, 0.15) is 29.4 Å². The maximum atomic E-state index is 14.5. The van der Waals surface area contributed by atoms with Crippen molar-refractivity contribution < 1.29 is 13.6 Å². The first-order valence-corrected chi connectivity index (χ1v) is 11.3. The lowest BCUT2D eigenvalue weighted by molar-refractivity contribution is 0.139. The van der Waals surface area contributed by atoms with Crippen molar-refractivity contribution in [1.29, 1.82) is 5.26 Å². The van der Waals surface area contributed by atoms with Crippen LogP contribution in [-0.4, -0.2) is 73.1 Å². The fourth-order valence-electron chi connectivity index (χ4n) is 4.27. The maximum Gasteiger partial charge on any atom is 0.341 e. The lowest BCUT2D eigenvalue weighted by Crippen LogP contribution is -2.52. The summed E-state index contributed by atoms with van der Waals surface area (Å²) in [6, 6.07) is 5.18. The number of aryl methyl sites for hydroxylation is 1. The van der Waals surface area contributed by atoms with E-state index in [0.717, 1.165) is 12.3 Å². The van der Waals surface area contributed by atoms with Crippen LogP contribution in [0.15, 0.2) is 29.5 Å². The van der Waals surface area contributed by atoms with Gasteiger partial charge in [-0.25, -0.2) is 28.6 Å². The van der Waals surface area contributed by atoms with Gasteiger partial charge in [0.05, 0.1) is 23.9 Å². The second kappa shape index (κ2) is 9.29. The highest BCUT2D eigenvalue weighted by molar-refractivity contribution is 5.79. The first kappa shape index (κ1) is 23.3. The summed E-state index contributed by atoms with van der Waals surface area (Å²) in [5, 5.41) is 22.7. The van der Waals surface area contributed by atoms with E-state index in [4.69, 9.17) is 5.26 Å². The quantitative estimate of drug-likeness (QED) is 0.551. The van der Waals surface area contributed by atoms with E-state index in [2.05, 4.69) is 25.3 Å². The Balaban J connectivity index is 1.29. The SMILES string of the molecule is Cc1nnc(-c2nc(N3CCN(C(=O)N4N=CC[C@H]4c4cc(F)cc(C#N)c4)CC3)ncc2F)n1C. The van der Waals surface area contributed by atoms with Crippen molar-refractivity contribution in [2.45, 2.75) is 19.4 Å². The zero-order chi connectivity index (χ0) is 25.4. The molecule has 2 aliphatic heterocycles. The van der Waals surface area contributed by atoms with Gasteiger partial charge in [-0.05, 0) is 30.7 Å². The molecule has 0 aliphatic carbocycles. The Bertz CT molecular complexity index is 1390. The van der Waals surface area contributed by atoms with Crippen LogP contribution in [0, 0.1) is 29.9 Å². The van der Waals surface area contributed by atoms with Gasteiger partial charge in [-0.1, -0.05) is 0 Å². The molecule has 3 aromatic rings. The van der Waals surface area contributed by atoms with Crippen molar-refractivity contribution in [3.63, 3.8) is 0 Å². The van der Waals surface area contributed by atoms with Crippen molar-refractivity contribution in [2.24, 2.45) is 12.1 Å². The molecule has 0 spiro atoms. The molecule has 0 unspecified atom stereocenters. The van der Waals surface area contributed by atoms with Gasteiger partial charge in [0, 0.05) is 45.9 Å². The molecule has 36 heavy (non-hydrogen) atoms. The number of benzene rings is 1. The topological polar surface area (TPSA) is 119 Å². The van der Waals surface area contributed by atoms with Crippen LogP contribution in [-0.2, 0) is 7.05 Å². The van der Waals surface area contributed by atoms with E-state index in [1.54, 1.807) is 35.7 Å². The van der Waals surface area contributed by atoms with E-state index in [1.165, 1.54) is 11.1 Å². The van der Waals surface area contributed by atoms with E-state index in [-0.39, 0.29) is 17.3 Å². The third-order valence-electron chi connectivity index (χ3n) is 6.33. The summed E-state index contributed by atoms with van der Waals surface area (Å²) in [6.07, 6.45) is 3.14. The summed E-state index contributed by atoms with van der Waals surface area (Å²) in [5.41, 5.74) is 0.762. The lowest BCUT2D eigenvalue weighted by Gasteiger charge is -2.37. The molecule has 0 N–H and O–H groups in total. The van der Waals surface area contributed by atoms with Gasteiger partial charge in [0.15, 0.2) is 11.6 Å². The van der Waals surface area contributed by atoms with Gasteiger partial charge in [0.2, 0.25) is 5.95 Å². The van der Waals surface area contributed by atoms with Gasteiger partial charge in [0.25, 0.3) is 0 Å². The predicted molar refractivity (Wildman–Crippen MR) is 125 cm³/mol. The molecule has 1 saturated heterocycles. The van der Waals surface area contributed by atoms with E-state index in [9.17, 15) is 13.6 Å². The van der Waals surface area contributed by atoms with Gasteiger partial charge in [-0.15, -0.1) is 10.2 Å². The summed E-state index contributed by atoms with van der Waals surface area (Å²) in [5.74, 6) is 0.129. The lowest BCUT2D eigenvalue weighted by atomic mass is 10.0. The van der Waals surface area contributed by atoms with Gasteiger partial charge in [-0.3, -0.25) is 0 Å². The van der Waals surface area contributed by atoms with Crippen LogP contribution in [0.5, 0.6) is 0 Å². The van der Waals surface area contributed by atoms with Crippen molar-refractivity contribution >= 4 is 18.2 Å². The van der Waals surface area contributed by atoms with Crippen molar-refractivity contribution in [2.75, 3.05) is 31.1 Å². The Labute approximate surface area is 205 Å².